The molecule has 1 aromatic carbocycles. The van der Waals surface area contributed by atoms with Crippen LogP contribution >= 0.6 is 0 Å². The van der Waals surface area contributed by atoms with Crippen molar-refractivity contribution in [2.75, 3.05) is 0 Å². The van der Waals surface area contributed by atoms with Gasteiger partial charge in [-0.1, -0.05) is 25.1 Å². The second-order valence-corrected chi connectivity index (χ2v) is 4.94. The number of amides is 1. The van der Waals surface area contributed by atoms with Crippen LogP contribution in [0.1, 0.15) is 36.0 Å². The Morgan fingerprint density at radius 2 is 2.16 bits per heavy atom. The molecule has 0 fully saturated rings. The summed E-state index contributed by atoms with van der Waals surface area (Å²) in [6.07, 6.45) is 2.31. The minimum Gasteiger partial charge on any atom is -0.394 e. The second kappa shape index (κ2) is 5.40. The smallest absolute Gasteiger partial charge is 0.394 e. The number of carbonyl (C=O) groups is 1. The van der Waals surface area contributed by atoms with Crippen molar-refractivity contribution >= 4 is 12.0 Å². The van der Waals surface area contributed by atoms with Gasteiger partial charge in [0.25, 0.3) is 0 Å². The van der Waals surface area contributed by atoms with E-state index < -0.39 is 12.1 Å². The average molecular weight is 261 g/mol. The molecular formula is C14H19N3O2. The SMILES string of the molecule is CC(c1cccc2c1CCC2)C(N)C(=N)OC(N)=O. The molecule has 5 N–H and O–H groups in total. The normalized spacial score (nSPS) is 16.5. The average Bonchev–Trinajstić information content (AvgIpc) is 2.84. The van der Waals surface area contributed by atoms with Gasteiger partial charge < -0.3 is 16.2 Å². The molecule has 0 saturated heterocycles. The number of ether oxygens (including phenoxy) is 1. The molecule has 1 amide bonds. The monoisotopic (exact) mass is 261 g/mol. The molecule has 0 saturated carbocycles. The lowest BCUT2D eigenvalue weighted by Crippen LogP contribution is -2.39. The van der Waals surface area contributed by atoms with E-state index in [-0.39, 0.29) is 11.8 Å². The topological polar surface area (TPSA) is 102 Å². The molecule has 0 spiro atoms. The molecule has 1 aliphatic carbocycles. The Labute approximate surface area is 112 Å². The molecular weight excluding hydrogens is 242 g/mol. The summed E-state index contributed by atoms with van der Waals surface area (Å²) in [6, 6.07) is 5.52. The first kappa shape index (κ1) is 13.5. The summed E-state index contributed by atoms with van der Waals surface area (Å²) in [4.78, 5) is 10.7. The first-order chi connectivity index (χ1) is 9.00. The number of primary amides is 1. The minimum absolute atomic E-state index is 0.0834. The van der Waals surface area contributed by atoms with Crippen LogP contribution in [0, 0.1) is 5.41 Å². The van der Waals surface area contributed by atoms with E-state index in [1.165, 1.54) is 11.1 Å². The van der Waals surface area contributed by atoms with E-state index in [9.17, 15) is 4.79 Å². The molecule has 2 unspecified atom stereocenters. The maximum Gasteiger partial charge on any atom is 0.411 e. The van der Waals surface area contributed by atoms with Gasteiger partial charge in [0, 0.05) is 5.92 Å². The van der Waals surface area contributed by atoms with Crippen molar-refractivity contribution < 1.29 is 9.53 Å². The third kappa shape index (κ3) is 2.76. The van der Waals surface area contributed by atoms with E-state index in [0.29, 0.717) is 0 Å². The van der Waals surface area contributed by atoms with Crippen LogP contribution in [-0.4, -0.2) is 18.0 Å². The molecule has 0 radical (unpaired) electrons. The molecule has 2 atom stereocenters. The van der Waals surface area contributed by atoms with E-state index >= 15 is 0 Å². The lowest BCUT2D eigenvalue weighted by atomic mass is 9.88. The first-order valence-corrected chi connectivity index (χ1v) is 6.42. The van der Waals surface area contributed by atoms with Gasteiger partial charge in [-0.15, -0.1) is 0 Å². The number of nitrogens with one attached hydrogen (secondary N) is 1. The molecule has 5 heteroatoms. The Bertz CT molecular complexity index is 513. The minimum atomic E-state index is -0.994. The van der Waals surface area contributed by atoms with Gasteiger partial charge in [-0.25, -0.2) is 4.79 Å². The number of nitrogens with two attached hydrogens (primary N) is 2. The van der Waals surface area contributed by atoms with Crippen LogP contribution in [0.2, 0.25) is 0 Å². The van der Waals surface area contributed by atoms with E-state index in [1.807, 2.05) is 19.1 Å². The molecule has 0 bridgehead atoms. The molecule has 0 aromatic heterocycles. The number of aryl methyl sites for hydroxylation is 1. The highest BCUT2D eigenvalue weighted by atomic mass is 16.6. The molecule has 102 valence electrons. The molecule has 0 heterocycles. The van der Waals surface area contributed by atoms with Crippen molar-refractivity contribution in [3.8, 4) is 0 Å². The Balaban J connectivity index is 2.20. The van der Waals surface area contributed by atoms with Crippen LogP contribution in [0.25, 0.3) is 0 Å². The number of rotatable bonds is 3. The van der Waals surface area contributed by atoms with Gasteiger partial charge in [-0.2, -0.15) is 0 Å². The molecule has 0 aliphatic heterocycles. The molecule has 1 aliphatic rings. The number of benzene rings is 1. The van der Waals surface area contributed by atoms with Gasteiger partial charge in [-0.05, 0) is 36.0 Å². The zero-order chi connectivity index (χ0) is 14.0. The summed E-state index contributed by atoms with van der Waals surface area (Å²) in [7, 11) is 0. The Morgan fingerprint density at radius 1 is 1.42 bits per heavy atom. The third-order valence-corrected chi connectivity index (χ3v) is 3.72. The number of hydrogen-bond donors (Lipinski definition) is 3. The molecule has 5 nitrogen and oxygen atoms in total. The van der Waals surface area contributed by atoms with E-state index in [0.717, 1.165) is 24.8 Å². The van der Waals surface area contributed by atoms with Gasteiger partial charge in [0.15, 0.2) is 0 Å². The zero-order valence-corrected chi connectivity index (χ0v) is 11.0. The van der Waals surface area contributed by atoms with Crippen molar-refractivity contribution in [3.63, 3.8) is 0 Å². The van der Waals surface area contributed by atoms with Gasteiger partial charge in [0.2, 0.25) is 5.90 Å². The van der Waals surface area contributed by atoms with E-state index in [1.54, 1.807) is 0 Å². The molecule has 1 aromatic rings. The fourth-order valence-electron chi connectivity index (χ4n) is 2.67. The Hall–Kier alpha value is -1.88. The van der Waals surface area contributed by atoms with Crippen LogP contribution in [0.4, 0.5) is 4.79 Å². The highest BCUT2D eigenvalue weighted by molar-refractivity contribution is 5.89. The predicted octanol–water partition coefficient (Wildman–Crippen LogP) is 1.68. The first-order valence-electron chi connectivity index (χ1n) is 6.42. The number of fused-ring (bicyclic) bond motifs is 1. The maximum absolute atomic E-state index is 10.7. The maximum atomic E-state index is 10.7. The van der Waals surface area contributed by atoms with Crippen molar-refractivity contribution in [1.82, 2.24) is 0 Å². The van der Waals surface area contributed by atoms with Crippen LogP contribution < -0.4 is 11.5 Å². The highest BCUT2D eigenvalue weighted by Crippen LogP contribution is 2.31. The van der Waals surface area contributed by atoms with Gasteiger partial charge >= 0.3 is 6.09 Å². The lowest BCUT2D eigenvalue weighted by Gasteiger charge is -2.22. The summed E-state index contributed by atoms with van der Waals surface area (Å²) < 4.78 is 4.57. The Kier molecular flexibility index (Phi) is 3.85. The summed E-state index contributed by atoms with van der Waals surface area (Å²) in [5.74, 6) is -0.365. The summed E-state index contributed by atoms with van der Waals surface area (Å²) >= 11 is 0. The molecule has 19 heavy (non-hydrogen) atoms. The summed E-state index contributed by atoms with van der Waals surface area (Å²) in [5, 5.41) is 7.65. The van der Waals surface area contributed by atoms with Crippen molar-refractivity contribution in [3.05, 3.63) is 34.9 Å². The Morgan fingerprint density at radius 3 is 2.84 bits per heavy atom. The van der Waals surface area contributed by atoms with E-state index in [4.69, 9.17) is 16.9 Å². The third-order valence-electron chi connectivity index (χ3n) is 3.72. The highest BCUT2D eigenvalue weighted by Gasteiger charge is 2.26. The predicted molar refractivity (Wildman–Crippen MR) is 73.3 cm³/mol. The van der Waals surface area contributed by atoms with Crippen LogP contribution in [0.3, 0.4) is 0 Å². The number of carbonyl (C=O) groups excluding carboxylic acids is 1. The standard InChI is InChI=1S/C14H19N3O2/c1-8(12(15)13(16)19-14(17)18)10-6-2-4-9-5-3-7-11(9)10/h2,4,6,8,12,16H,3,5,7,15H2,1H3,(H2,17,18). The quantitative estimate of drug-likeness (QED) is 0.569. The largest absolute Gasteiger partial charge is 0.411 e. The van der Waals surface area contributed by atoms with Gasteiger partial charge in [-0.3, -0.25) is 5.41 Å². The fraction of sp³-hybridized carbons (Fsp3) is 0.429. The van der Waals surface area contributed by atoms with Crippen molar-refractivity contribution in [1.29, 1.82) is 5.41 Å². The lowest BCUT2D eigenvalue weighted by molar-refractivity contribution is 0.204. The fourth-order valence-corrected chi connectivity index (χ4v) is 2.67. The summed E-state index contributed by atoms with van der Waals surface area (Å²) in [5.41, 5.74) is 14.7. The van der Waals surface area contributed by atoms with Gasteiger partial charge in [0.1, 0.15) is 0 Å². The summed E-state index contributed by atoms with van der Waals surface area (Å²) in [6.45, 7) is 1.94. The van der Waals surface area contributed by atoms with E-state index in [2.05, 4.69) is 10.8 Å². The van der Waals surface area contributed by atoms with Crippen LogP contribution in [0.15, 0.2) is 18.2 Å². The van der Waals surface area contributed by atoms with Gasteiger partial charge in [0.05, 0.1) is 6.04 Å². The second-order valence-electron chi connectivity index (χ2n) is 4.94. The number of hydrogen-bond acceptors (Lipinski definition) is 4. The van der Waals surface area contributed by atoms with Crippen LogP contribution in [-0.2, 0) is 17.6 Å². The zero-order valence-electron chi connectivity index (χ0n) is 11.0. The molecule has 2 rings (SSSR count). The van der Waals surface area contributed by atoms with Crippen molar-refractivity contribution in [2.24, 2.45) is 11.5 Å². The van der Waals surface area contributed by atoms with Crippen molar-refractivity contribution in [2.45, 2.75) is 38.1 Å². The van der Waals surface area contributed by atoms with Crippen LogP contribution in [0.5, 0.6) is 0 Å².